The topological polar surface area (TPSA) is 149 Å². The van der Waals surface area contributed by atoms with Gasteiger partial charge in [-0.1, -0.05) is 52.4 Å². The molecule has 3 N–H and O–H groups in total. The predicted octanol–water partition coefficient (Wildman–Crippen LogP) is 2.87. The van der Waals surface area contributed by atoms with Gasteiger partial charge in [0.2, 0.25) is 0 Å². The average Bonchev–Trinajstić information content (AvgIpc) is 2.74. The largest absolute Gasteiger partial charge is 0.472 e. The zero-order chi connectivity index (χ0) is 23.5. The molecule has 0 rings (SSSR count). The van der Waals surface area contributed by atoms with E-state index in [1.165, 1.54) is 0 Å². The van der Waals surface area contributed by atoms with E-state index in [-0.39, 0.29) is 19.4 Å². The summed E-state index contributed by atoms with van der Waals surface area (Å²) in [6.45, 7) is 2.00. The molecule has 0 bridgehead atoms. The number of hydrogen-bond donors (Lipinski definition) is 3. The van der Waals surface area contributed by atoms with Gasteiger partial charge >= 0.3 is 19.8 Å². The molecular formula is C20H39O10P. The molecule has 0 aliphatic carbocycles. The number of esters is 2. The van der Waals surface area contributed by atoms with E-state index < -0.39 is 51.8 Å². The van der Waals surface area contributed by atoms with Crippen LogP contribution in [0.2, 0.25) is 0 Å². The molecule has 0 fully saturated rings. The molecule has 31 heavy (non-hydrogen) atoms. The van der Waals surface area contributed by atoms with Gasteiger partial charge in [-0.3, -0.25) is 18.6 Å². The zero-order valence-corrected chi connectivity index (χ0v) is 19.6. The van der Waals surface area contributed by atoms with Crippen LogP contribution in [-0.2, 0) is 32.7 Å². The van der Waals surface area contributed by atoms with Crippen LogP contribution in [-0.4, -0.2) is 65.7 Å². The maximum atomic E-state index is 12.1. The van der Waals surface area contributed by atoms with Gasteiger partial charge in [0.1, 0.15) is 12.7 Å². The lowest BCUT2D eigenvalue weighted by Gasteiger charge is -2.20. The quantitative estimate of drug-likeness (QED) is 0.138. The normalized spacial score (nSPS) is 15.1. The minimum atomic E-state index is -4.56. The first-order valence-corrected chi connectivity index (χ1v) is 12.5. The van der Waals surface area contributed by atoms with Gasteiger partial charge in [0.15, 0.2) is 6.10 Å². The monoisotopic (exact) mass is 470 g/mol. The highest BCUT2D eigenvalue weighted by molar-refractivity contribution is 7.47. The van der Waals surface area contributed by atoms with Crippen LogP contribution in [0.5, 0.6) is 0 Å². The van der Waals surface area contributed by atoms with Gasteiger partial charge in [-0.05, 0) is 12.8 Å². The van der Waals surface area contributed by atoms with Crippen LogP contribution in [0.4, 0.5) is 0 Å². The summed E-state index contributed by atoms with van der Waals surface area (Å²) in [6, 6.07) is 0. The maximum Gasteiger partial charge on any atom is 0.472 e. The number of aliphatic hydroxyl groups excluding tert-OH is 2. The van der Waals surface area contributed by atoms with Crippen LogP contribution in [0, 0.1) is 0 Å². The number of carbonyl (C=O) groups excluding carboxylic acids is 2. The Morgan fingerprint density at radius 1 is 0.839 bits per heavy atom. The Morgan fingerprint density at radius 3 is 2.03 bits per heavy atom. The summed E-state index contributed by atoms with van der Waals surface area (Å²) >= 11 is 0. The molecule has 0 spiro atoms. The van der Waals surface area contributed by atoms with E-state index in [2.05, 4.69) is 11.4 Å². The fourth-order valence-electron chi connectivity index (χ4n) is 2.46. The number of aliphatic hydroxyl groups is 2. The van der Waals surface area contributed by atoms with Crippen LogP contribution < -0.4 is 0 Å². The molecule has 0 aliphatic heterocycles. The van der Waals surface area contributed by atoms with Crippen molar-refractivity contribution >= 4 is 19.8 Å². The molecule has 0 saturated carbocycles. The van der Waals surface area contributed by atoms with Gasteiger partial charge in [0.05, 0.1) is 19.8 Å². The van der Waals surface area contributed by atoms with E-state index in [0.717, 1.165) is 38.5 Å². The zero-order valence-electron chi connectivity index (χ0n) is 18.7. The molecule has 0 saturated heterocycles. The Hall–Kier alpha value is -1.03. The number of ether oxygens (including phenoxy) is 2. The Bertz CT molecular complexity index is 528. The second kappa shape index (κ2) is 18.5. The minimum Gasteiger partial charge on any atom is -0.462 e. The molecule has 11 heteroatoms. The highest BCUT2D eigenvalue weighted by atomic mass is 31.2. The summed E-state index contributed by atoms with van der Waals surface area (Å²) in [6.07, 6.45) is 5.27. The van der Waals surface area contributed by atoms with E-state index in [9.17, 15) is 24.2 Å². The Morgan fingerprint density at radius 2 is 1.39 bits per heavy atom. The molecule has 184 valence electrons. The van der Waals surface area contributed by atoms with Crippen LogP contribution in [0.3, 0.4) is 0 Å². The van der Waals surface area contributed by atoms with Crippen molar-refractivity contribution in [3.05, 3.63) is 0 Å². The summed E-state index contributed by atoms with van der Waals surface area (Å²) in [5, 5.41) is 17.9. The molecule has 0 amide bonds. The van der Waals surface area contributed by atoms with Crippen molar-refractivity contribution < 1.29 is 47.8 Å². The molecule has 0 aliphatic rings. The Labute approximate surface area is 184 Å². The first-order valence-electron chi connectivity index (χ1n) is 11.0. The SMILES string of the molecule is CCCCCCCC(=O)OC(COC(=O)CCCCC)COP(=O)(O)OCC(O)CO. The highest BCUT2D eigenvalue weighted by Crippen LogP contribution is 2.43. The van der Waals surface area contributed by atoms with Crippen molar-refractivity contribution in [3.8, 4) is 0 Å². The van der Waals surface area contributed by atoms with Gasteiger partial charge in [-0.25, -0.2) is 4.57 Å². The lowest BCUT2D eigenvalue weighted by atomic mass is 10.1. The first kappa shape index (κ1) is 30.0. The summed E-state index contributed by atoms with van der Waals surface area (Å²) in [5.41, 5.74) is 0. The molecule has 0 aromatic rings. The van der Waals surface area contributed by atoms with Crippen LogP contribution in [0.25, 0.3) is 0 Å². The second-order valence-electron chi connectivity index (χ2n) is 7.31. The number of phosphoric acid groups is 1. The molecule has 0 aromatic heterocycles. The molecule has 3 atom stereocenters. The number of phosphoric ester groups is 1. The summed E-state index contributed by atoms with van der Waals surface area (Å²) < 4.78 is 31.6. The fraction of sp³-hybridized carbons (Fsp3) is 0.900. The maximum absolute atomic E-state index is 12.1. The van der Waals surface area contributed by atoms with Crippen molar-refractivity contribution in [1.29, 1.82) is 0 Å². The third-order valence-corrected chi connectivity index (χ3v) is 5.21. The van der Waals surface area contributed by atoms with Gasteiger partial charge in [0, 0.05) is 12.8 Å². The lowest BCUT2D eigenvalue weighted by molar-refractivity contribution is -0.161. The second-order valence-corrected chi connectivity index (χ2v) is 8.77. The van der Waals surface area contributed by atoms with Crippen LogP contribution >= 0.6 is 7.82 Å². The van der Waals surface area contributed by atoms with Crippen LogP contribution in [0.1, 0.15) is 78.1 Å². The summed E-state index contributed by atoms with van der Waals surface area (Å²) in [5.74, 6) is -0.972. The van der Waals surface area contributed by atoms with Crippen molar-refractivity contribution in [2.75, 3.05) is 26.4 Å². The van der Waals surface area contributed by atoms with Crippen molar-refractivity contribution in [2.24, 2.45) is 0 Å². The Kier molecular flexibility index (Phi) is 17.9. The fourth-order valence-corrected chi connectivity index (χ4v) is 3.25. The number of unbranched alkanes of at least 4 members (excludes halogenated alkanes) is 6. The van der Waals surface area contributed by atoms with Crippen molar-refractivity contribution in [3.63, 3.8) is 0 Å². The lowest BCUT2D eigenvalue weighted by Crippen LogP contribution is -2.29. The molecule has 10 nitrogen and oxygen atoms in total. The molecule has 0 aromatic carbocycles. The number of hydrogen-bond acceptors (Lipinski definition) is 9. The van der Waals surface area contributed by atoms with Gasteiger partial charge in [-0.15, -0.1) is 0 Å². The third kappa shape index (κ3) is 18.3. The number of carbonyl (C=O) groups is 2. The number of rotatable bonds is 20. The summed E-state index contributed by atoms with van der Waals surface area (Å²) in [4.78, 5) is 33.5. The first-order chi connectivity index (χ1) is 14.7. The van der Waals surface area contributed by atoms with Gasteiger partial charge in [0.25, 0.3) is 0 Å². The van der Waals surface area contributed by atoms with Gasteiger partial charge < -0.3 is 24.6 Å². The third-order valence-electron chi connectivity index (χ3n) is 4.26. The van der Waals surface area contributed by atoms with E-state index >= 15 is 0 Å². The predicted molar refractivity (Wildman–Crippen MR) is 113 cm³/mol. The highest BCUT2D eigenvalue weighted by Gasteiger charge is 2.27. The van der Waals surface area contributed by atoms with Crippen molar-refractivity contribution in [2.45, 2.75) is 90.3 Å². The molecule has 3 unspecified atom stereocenters. The van der Waals surface area contributed by atoms with E-state index in [4.69, 9.17) is 19.1 Å². The van der Waals surface area contributed by atoms with E-state index in [0.29, 0.717) is 12.8 Å². The molecule has 0 radical (unpaired) electrons. The average molecular weight is 470 g/mol. The van der Waals surface area contributed by atoms with Crippen molar-refractivity contribution in [1.82, 2.24) is 0 Å². The van der Waals surface area contributed by atoms with E-state index in [1.54, 1.807) is 0 Å². The van der Waals surface area contributed by atoms with E-state index in [1.807, 2.05) is 6.92 Å². The van der Waals surface area contributed by atoms with Gasteiger partial charge in [-0.2, -0.15) is 0 Å². The molecule has 0 heterocycles. The van der Waals surface area contributed by atoms with Crippen LogP contribution in [0.15, 0.2) is 0 Å². The summed E-state index contributed by atoms with van der Waals surface area (Å²) in [7, 11) is -4.56. The minimum absolute atomic E-state index is 0.181. The molecular weight excluding hydrogens is 431 g/mol. The standard InChI is InChI=1S/C20H39O10P/c1-3-5-7-8-10-12-20(24)30-18(15-27-19(23)11-9-6-4-2)16-29-31(25,26)28-14-17(22)13-21/h17-18,21-22H,3-16H2,1-2H3,(H,25,26). The smallest absolute Gasteiger partial charge is 0.462 e. The Balaban J connectivity index is 4.61.